The van der Waals surface area contributed by atoms with Gasteiger partial charge in [-0.3, -0.25) is 9.48 Å². The Balaban J connectivity index is 1.57. The van der Waals surface area contributed by atoms with E-state index in [1.54, 1.807) is 12.1 Å². The maximum Gasteiger partial charge on any atom is 0.287 e. The number of hydrogen-bond acceptors (Lipinski definition) is 4. The number of aryl methyl sites for hydroxylation is 2. The minimum atomic E-state index is -0.257. The van der Waals surface area contributed by atoms with E-state index in [9.17, 15) is 4.79 Å². The van der Waals surface area contributed by atoms with Gasteiger partial charge in [-0.05, 0) is 56.0 Å². The first-order valence-electron chi connectivity index (χ1n) is 10.3. The van der Waals surface area contributed by atoms with Crippen molar-refractivity contribution in [3.63, 3.8) is 0 Å². The molecule has 0 aliphatic rings. The number of nitrogens with one attached hydrogen (secondary N) is 1. The number of furan rings is 1. The van der Waals surface area contributed by atoms with Crippen LogP contribution in [0.25, 0.3) is 0 Å². The molecular weight excluding hydrogens is 378 g/mol. The van der Waals surface area contributed by atoms with Crippen LogP contribution in [-0.4, -0.2) is 15.7 Å². The fourth-order valence-corrected chi connectivity index (χ4v) is 3.25. The van der Waals surface area contributed by atoms with Gasteiger partial charge < -0.3 is 14.5 Å². The van der Waals surface area contributed by atoms with Gasteiger partial charge in [-0.15, -0.1) is 0 Å². The summed E-state index contributed by atoms with van der Waals surface area (Å²) < 4.78 is 13.3. The summed E-state index contributed by atoms with van der Waals surface area (Å²) >= 11 is 0. The normalized spacial score (nSPS) is 12.6. The van der Waals surface area contributed by atoms with Crippen LogP contribution in [-0.2, 0) is 18.6 Å². The molecule has 0 saturated heterocycles. The summed E-state index contributed by atoms with van der Waals surface area (Å²) in [6.07, 6.45) is 1.96. The van der Waals surface area contributed by atoms with Gasteiger partial charge in [-0.2, -0.15) is 5.10 Å². The van der Waals surface area contributed by atoms with E-state index in [1.807, 2.05) is 43.8 Å². The van der Waals surface area contributed by atoms with Gasteiger partial charge in [0.15, 0.2) is 5.76 Å². The Morgan fingerprint density at radius 3 is 2.50 bits per heavy atom. The Hall–Kier alpha value is -3.02. The van der Waals surface area contributed by atoms with Crippen molar-refractivity contribution in [2.24, 2.45) is 0 Å². The van der Waals surface area contributed by atoms with Crippen LogP contribution in [0.5, 0.6) is 5.75 Å². The van der Waals surface area contributed by atoms with Crippen molar-refractivity contribution < 1.29 is 13.9 Å². The number of aromatic nitrogens is 2. The number of ether oxygens (including phenoxy) is 1. The third-order valence-electron chi connectivity index (χ3n) is 5.11. The van der Waals surface area contributed by atoms with Crippen molar-refractivity contribution >= 4 is 5.91 Å². The number of benzene rings is 1. The van der Waals surface area contributed by atoms with Crippen LogP contribution in [0.2, 0.25) is 0 Å². The number of rotatable bonds is 7. The van der Waals surface area contributed by atoms with E-state index in [0.29, 0.717) is 5.76 Å². The molecule has 0 spiro atoms. The van der Waals surface area contributed by atoms with Crippen molar-refractivity contribution in [1.82, 2.24) is 15.1 Å². The minimum absolute atomic E-state index is 0.104. The molecule has 1 unspecified atom stereocenters. The van der Waals surface area contributed by atoms with Crippen LogP contribution in [0, 0.1) is 6.92 Å². The molecule has 0 fully saturated rings. The summed E-state index contributed by atoms with van der Waals surface area (Å²) in [7, 11) is 0. The molecule has 2 heterocycles. The predicted molar refractivity (Wildman–Crippen MR) is 117 cm³/mol. The van der Waals surface area contributed by atoms with Gasteiger partial charge in [0.1, 0.15) is 18.1 Å². The summed E-state index contributed by atoms with van der Waals surface area (Å²) in [5.74, 6) is 1.38. The van der Waals surface area contributed by atoms with Crippen LogP contribution in [0.4, 0.5) is 0 Å². The standard InChI is InChI=1S/C24H31N3O3/c1-7-27-14-21(17(3)26-27)16(2)25-23(28)22-13-12-20(30-22)15-29-19-10-8-18(9-11-19)24(4,5)6/h8-14,16H,7,15H2,1-6H3,(H,25,28). The Labute approximate surface area is 178 Å². The summed E-state index contributed by atoms with van der Waals surface area (Å²) in [5, 5.41) is 7.40. The predicted octanol–water partition coefficient (Wildman–Crippen LogP) is 5.17. The monoisotopic (exact) mass is 409 g/mol. The summed E-state index contributed by atoms with van der Waals surface area (Å²) in [4.78, 5) is 12.6. The molecule has 6 nitrogen and oxygen atoms in total. The lowest BCUT2D eigenvalue weighted by Crippen LogP contribution is -2.26. The largest absolute Gasteiger partial charge is 0.486 e. The molecule has 160 valence electrons. The number of carbonyl (C=O) groups excluding carboxylic acids is 1. The van der Waals surface area contributed by atoms with Crippen molar-refractivity contribution in [3.8, 4) is 5.75 Å². The molecule has 3 rings (SSSR count). The molecule has 0 aliphatic heterocycles. The Kier molecular flexibility index (Phi) is 6.34. The van der Waals surface area contributed by atoms with Gasteiger partial charge in [-0.25, -0.2) is 0 Å². The fourth-order valence-electron chi connectivity index (χ4n) is 3.25. The maximum atomic E-state index is 12.6. The smallest absolute Gasteiger partial charge is 0.287 e. The number of nitrogens with zero attached hydrogens (tertiary/aromatic N) is 2. The summed E-state index contributed by atoms with van der Waals surface area (Å²) in [6, 6.07) is 11.3. The quantitative estimate of drug-likeness (QED) is 0.584. The zero-order valence-corrected chi connectivity index (χ0v) is 18.7. The maximum absolute atomic E-state index is 12.6. The number of amides is 1. The van der Waals surface area contributed by atoms with Gasteiger partial charge in [0.05, 0.1) is 11.7 Å². The van der Waals surface area contributed by atoms with Gasteiger partial charge in [0.25, 0.3) is 5.91 Å². The van der Waals surface area contributed by atoms with Gasteiger partial charge >= 0.3 is 0 Å². The molecule has 1 N–H and O–H groups in total. The first-order chi connectivity index (χ1) is 14.2. The second-order valence-corrected chi connectivity index (χ2v) is 8.55. The van der Waals surface area contributed by atoms with E-state index in [1.165, 1.54) is 5.56 Å². The highest BCUT2D eigenvalue weighted by Crippen LogP contribution is 2.25. The first kappa shape index (κ1) is 21.7. The topological polar surface area (TPSA) is 69.3 Å². The molecular formula is C24H31N3O3. The molecule has 0 radical (unpaired) electrons. The average molecular weight is 410 g/mol. The van der Waals surface area contributed by atoms with E-state index in [0.717, 1.165) is 23.6 Å². The van der Waals surface area contributed by atoms with Crippen LogP contribution in [0.15, 0.2) is 47.0 Å². The van der Waals surface area contributed by atoms with Crippen LogP contribution in [0.1, 0.15) is 73.8 Å². The molecule has 0 bridgehead atoms. The first-order valence-corrected chi connectivity index (χ1v) is 10.3. The lowest BCUT2D eigenvalue weighted by atomic mass is 9.87. The Morgan fingerprint density at radius 2 is 1.90 bits per heavy atom. The highest BCUT2D eigenvalue weighted by molar-refractivity contribution is 5.91. The molecule has 1 amide bonds. The van der Waals surface area contributed by atoms with Crippen molar-refractivity contribution in [1.29, 1.82) is 0 Å². The second-order valence-electron chi connectivity index (χ2n) is 8.55. The lowest BCUT2D eigenvalue weighted by Gasteiger charge is -2.19. The third-order valence-corrected chi connectivity index (χ3v) is 5.11. The van der Waals surface area contributed by atoms with Crippen molar-refractivity contribution in [2.75, 3.05) is 0 Å². The molecule has 1 aromatic carbocycles. The molecule has 0 saturated carbocycles. The fraction of sp³-hybridized carbons (Fsp3) is 0.417. The van der Waals surface area contributed by atoms with E-state index in [4.69, 9.17) is 9.15 Å². The van der Waals surface area contributed by atoms with E-state index < -0.39 is 0 Å². The van der Waals surface area contributed by atoms with E-state index in [-0.39, 0.29) is 29.7 Å². The van der Waals surface area contributed by atoms with Crippen LogP contribution in [0.3, 0.4) is 0 Å². The molecule has 2 aromatic heterocycles. The SMILES string of the molecule is CCn1cc(C(C)NC(=O)c2ccc(COc3ccc(C(C)(C)C)cc3)o2)c(C)n1. The van der Waals surface area contributed by atoms with Crippen LogP contribution >= 0.6 is 0 Å². The highest BCUT2D eigenvalue weighted by Gasteiger charge is 2.18. The molecule has 3 aromatic rings. The van der Waals surface area contributed by atoms with Gasteiger partial charge in [-0.1, -0.05) is 32.9 Å². The van der Waals surface area contributed by atoms with Crippen molar-refractivity contribution in [2.45, 2.75) is 66.2 Å². The van der Waals surface area contributed by atoms with Crippen molar-refractivity contribution in [3.05, 3.63) is 70.9 Å². The minimum Gasteiger partial charge on any atom is -0.486 e. The number of hydrogen-bond donors (Lipinski definition) is 1. The van der Waals surface area contributed by atoms with Crippen LogP contribution < -0.4 is 10.1 Å². The van der Waals surface area contributed by atoms with E-state index in [2.05, 4.69) is 43.3 Å². The Bertz CT molecular complexity index is 994. The van der Waals surface area contributed by atoms with Gasteiger partial charge in [0.2, 0.25) is 0 Å². The molecule has 30 heavy (non-hydrogen) atoms. The summed E-state index contributed by atoms with van der Waals surface area (Å²) in [6.45, 7) is 13.5. The zero-order chi connectivity index (χ0) is 21.9. The molecule has 0 aliphatic carbocycles. The third kappa shape index (κ3) is 5.12. The highest BCUT2D eigenvalue weighted by atomic mass is 16.5. The molecule has 6 heteroatoms. The summed E-state index contributed by atoms with van der Waals surface area (Å²) in [5.41, 5.74) is 3.27. The Morgan fingerprint density at radius 1 is 1.20 bits per heavy atom. The average Bonchev–Trinajstić information content (AvgIpc) is 3.32. The van der Waals surface area contributed by atoms with E-state index >= 15 is 0 Å². The zero-order valence-electron chi connectivity index (χ0n) is 18.7. The van der Waals surface area contributed by atoms with Gasteiger partial charge in [0, 0.05) is 18.3 Å². The molecule has 1 atom stereocenters. The second kappa shape index (κ2) is 8.78. The lowest BCUT2D eigenvalue weighted by molar-refractivity contribution is 0.0907. The number of carbonyl (C=O) groups is 1.